The SMILES string of the molecule is CC(=O)c1ccc(NC(=O)C[NH+](C)CC(=O)N(C)C)cc1. The Kier molecular flexibility index (Phi) is 6.05. The number of hydrogen-bond donors (Lipinski definition) is 2. The molecule has 21 heavy (non-hydrogen) atoms. The summed E-state index contributed by atoms with van der Waals surface area (Å²) in [6.45, 7) is 1.96. The quantitative estimate of drug-likeness (QED) is 0.690. The van der Waals surface area contributed by atoms with E-state index in [1.807, 2.05) is 0 Å². The number of likely N-dealkylation sites (N-methyl/N-ethyl adjacent to an activating group) is 2. The Bertz CT molecular complexity index is 523. The van der Waals surface area contributed by atoms with Crippen LogP contribution >= 0.6 is 0 Å². The first-order valence-electron chi connectivity index (χ1n) is 6.72. The minimum absolute atomic E-state index is 0.0146. The van der Waals surface area contributed by atoms with E-state index in [-0.39, 0.29) is 30.7 Å². The Morgan fingerprint density at radius 2 is 1.67 bits per heavy atom. The number of Topliss-reactive ketones (excluding diaryl/α,β-unsaturated/α-hetero) is 1. The van der Waals surface area contributed by atoms with Gasteiger partial charge in [-0.3, -0.25) is 14.4 Å². The van der Waals surface area contributed by atoms with Crippen molar-refractivity contribution in [3.63, 3.8) is 0 Å². The minimum atomic E-state index is -0.172. The lowest BCUT2D eigenvalue weighted by Gasteiger charge is -2.16. The van der Waals surface area contributed by atoms with E-state index in [1.165, 1.54) is 11.8 Å². The lowest BCUT2D eigenvalue weighted by molar-refractivity contribution is -0.862. The van der Waals surface area contributed by atoms with Crippen LogP contribution in [0.3, 0.4) is 0 Å². The third kappa shape index (κ3) is 5.74. The van der Waals surface area contributed by atoms with E-state index in [0.29, 0.717) is 11.3 Å². The second-order valence-electron chi connectivity index (χ2n) is 5.28. The van der Waals surface area contributed by atoms with Crippen LogP contribution in [0.15, 0.2) is 24.3 Å². The number of rotatable bonds is 6. The molecule has 6 nitrogen and oxygen atoms in total. The number of amides is 2. The molecule has 0 radical (unpaired) electrons. The molecule has 114 valence electrons. The van der Waals surface area contributed by atoms with Crippen molar-refractivity contribution in [1.29, 1.82) is 0 Å². The van der Waals surface area contributed by atoms with Crippen molar-refractivity contribution < 1.29 is 19.3 Å². The van der Waals surface area contributed by atoms with Gasteiger partial charge in [-0.05, 0) is 31.2 Å². The largest absolute Gasteiger partial charge is 0.344 e. The van der Waals surface area contributed by atoms with Crippen LogP contribution in [0.5, 0.6) is 0 Å². The maximum absolute atomic E-state index is 11.9. The van der Waals surface area contributed by atoms with Gasteiger partial charge in [-0.15, -0.1) is 0 Å². The molecule has 1 aromatic rings. The molecule has 0 saturated carbocycles. The number of nitrogens with one attached hydrogen (secondary N) is 2. The first kappa shape index (κ1) is 16.8. The van der Waals surface area contributed by atoms with Gasteiger partial charge in [0.1, 0.15) is 0 Å². The summed E-state index contributed by atoms with van der Waals surface area (Å²) >= 11 is 0. The monoisotopic (exact) mass is 292 g/mol. The Balaban J connectivity index is 2.49. The molecule has 0 aliphatic rings. The van der Waals surface area contributed by atoms with Gasteiger partial charge in [0, 0.05) is 25.3 Å². The minimum Gasteiger partial charge on any atom is -0.344 e. The van der Waals surface area contributed by atoms with Gasteiger partial charge >= 0.3 is 0 Å². The molecule has 2 amide bonds. The van der Waals surface area contributed by atoms with Gasteiger partial charge in [0.05, 0.1) is 7.05 Å². The molecule has 1 aromatic carbocycles. The second-order valence-corrected chi connectivity index (χ2v) is 5.28. The van der Waals surface area contributed by atoms with Crippen molar-refractivity contribution in [2.24, 2.45) is 0 Å². The molecule has 0 saturated heterocycles. The molecule has 0 aliphatic carbocycles. The molecule has 2 N–H and O–H groups in total. The van der Waals surface area contributed by atoms with Crippen LogP contribution in [0.4, 0.5) is 5.69 Å². The van der Waals surface area contributed by atoms with E-state index >= 15 is 0 Å². The van der Waals surface area contributed by atoms with Crippen molar-refractivity contribution in [3.05, 3.63) is 29.8 Å². The fraction of sp³-hybridized carbons (Fsp3) is 0.400. The Labute approximate surface area is 124 Å². The second kappa shape index (κ2) is 7.54. The Morgan fingerprint density at radius 3 is 2.14 bits per heavy atom. The van der Waals surface area contributed by atoms with Crippen LogP contribution in [-0.4, -0.2) is 56.7 Å². The Hall–Kier alpha value is -2.21. The van der Waals surface area contributed by atoms with Crippen molar-refractivity contribution in [1.82, 2.24) is 4.90 Å². The number of ketones is 1. The van der Waals surface area contributed by atoms with Gasteiger partial charge in [0.15, 0.2) is 18.9 Å². The first-order chi connectivity index (χ1) is 9.79. The number of carbonyl (C=O) groups is 3. The lowest BCUT2D eigenvalue weighted by atomic mass is 10.1. The van der Waals surface area contributed by atoms with Crippen LogP contribution in [0.25, 0.3) is 0 Å². The number of anilines is 1. The summed E-state index contributed by atoms with van der Waals surface area (Å²) in [6.07, 6.45) is 0. The number of benzene rings is 1. The maximum Gasteiger partial charge on any atom is 0.279 e. The van der Waals surface area contributed by atoms with E-state index in [9.17, 15) is 14.4 Å². The van der Waals surface area contributed by atoms with Crippen molar-refractivity contribution in [2.75, 3.05) is 39.5 Å². The first-order valence-corrected chi connectivity index (χ1v) is 6.72. The predicted octanol–water partition coefficient (Wildman–Crippen LogP) is -0.569. The highest BCUT2D eigenvalue weighted by Crippen LogP contribution is 2.09. The molecular weight excluding hydrogens is 270 g/mol. The van der Waals surface area contributed by atoms with E-state index in [0.717, 1.165) is 4.90 Å². The van der Waals surface area contributed by atoms with Gasteiger partial charge in [-0.2, -0.15) is 0 Å². The fourth-order valence-corrected chi connectivity index (χ4v) is 1.75. The molecule has 0 heterocycles. The topological polar surface area (TPSA) is 70.9 Å². The zero-order valence-corrected chi connectivity index (χ0v) is 12.9. The van der Waals surface area contributed by atoms with Crippen LogP contribution < -0.4 is 10.2 Å². The number of hydrogen-bond acceptors (Lipinski definition) is 3. The highest BCUT2D eigenvalue weighted by Gasteiger charge is 2.15. The lowest BCUT2D eigenvalue weighted by Crippen LogP contribution is -3.11. The molecule has 0 spiro atoms. The summed E-state index contributed by atoms with van der Waals surface area (Å²) in [6, 6.07) is 6.72. The molecule has 0 bridgehead atoms. The van der Waals surface area contributed by atoms with Gasteiger partial charge in [0.2, 0.25) is 0 Å². The van der Waals surface area contributed by atoms with Gasteiger partial charge < -0.3 is 15.1 Å². The molecule has 6 heteroatoms. The number of quaternary nitrogens is 1. The van der Waals surface area contributed by atoms with E-state index in [1.54, 1.807) is 45.4 Å². The molecule has 1 unspecified atom stereocenters. The summed E-state index contributed by atoms with van der Waals surface area (Å²) in [5, 5.41) is 2.75. The normalized spacial score (nSPS) is 11.6. The van der Waals surface area contributed by atoms with Crippen molar-refractivity contribution >= 4 is 23.3 Å². The van der Waals surface area contributed by atoms with E-state index in [2.05, 4.69) is 5.32 Å². The van der Waals surface area contributed by atoms with Gasteiger partial charge in [-0.1, -0.05) is 0 Å². The predicted molar refractivity (Wildman–Crippen MR) is 80.4 cm³/mol. The smallest absolute Gasteiger partial charge is 0.279 e. The summed E-state index contributed by atoms with van der Waals surface area (Å²) in [4.78, 5) is 36.9. The standard InChI is InChI=1S/C15H21N3O3/c1-11(19)12-5-7-13(8-6-12)16-14(20)9-18(4)10-15(21)17(2)3/h5-8H,9-10H2,1-4H3,(H,16,20)/p+1. The van der Waals surface area contributed by atoms with Gasteiger partial charge in [-0.25, -0.2) is 0 Å². The highest BCUT2D eigenvalue weighted by atomic mass is 16.2. The number of nitrogens with zero attached hydrogens (tertiary/aromatic N) is 1. The molecule has 0 aromatic heterocycles. The summed E-state index contributed by atoms with van der Waals surface area (Å²) < 4.78 is 0. The molecular formula is C15H22N3O3+. The summed E-state index contributed by atoms with van der Waals surface area (Å²) in [5.74, 6) is -0.208. The third-order valence-electron chi connectivity index (χ3n) is 2.99. The maximum atomic E-state index is 11.9. The molecule has 1 atom stereocenters. The molecule has 0 fully saturated rings. The number of carbonyl (C=O) groups excluding carboxylic acids is 3. The zero-order valence-electron chi connectivity index (χ0n) is 12.9. The molecule has 0 aliphatic heterocycles. The van der Waals surface area contributed by atoms with Crippen LogP contribution in [0.1, 0.15) is 17.3 Å². The Morgan fingerprint density at radius 1 is 1.10 bits per heavy atom. The average molecular weight is 292 g/mol. The zero-order chi connectivity index (χ0) is 16.0. The highest BCUT2D eigenvalue weighted by molar-refractivity contribution is 5.95. The summed E-state index contributed by atoms with van der Waals surface area (Å²) in [7, 11) is 5.17. The van der Waals surface area contributed by atoms with Crippen molar-refractivity contribution in [3.8, 4) is 0 Å². The van der Waals surface area contributed by atoms with E-state index < -0.39 is 0 Å². The van der Waals surface area contributed by atoms with Crippen molar-refractivity contribution in [2.45, 2.75) is 6.92 Å². The third-order valence-corrected chi connectivity index (χ3v) is 2.99. The summed E-state index contributed by atoms with van der Waals surface area (Å²) in [5.41, 5.74) is 1.24. The van der Waals surface area contributed by atoms with E-state index in [4.69, 9.17) is 0 Å². The van der Waals surface area contributed by atoms with Crippen LogP contribution in [0, 0.1) is 0 Å². The van der Waals surface area contributed by atoms with Crippen LogP contribution in [0.2, 0.25) is 0 Å². The fourth-order valence-electron chi connectivity index (χ4n) is 1.75. The molecule has 1 rings (SSSR count). The average Bonchev–Trinajstić information content (AvgIpc) is 2.38. The van der Waals surface area contributed by atoms with Crippen LogP contribution in [-0.2, 0) is 9.59 Å². The van der Waals surface area contributed by atoms with Gasteiger partial charge in [0.25, 0.3) is 11.8 Å².